The summed E-state index contributed by atoms with van der Waals surface area (Å²) in [7, 11) is 3.98. The molecule has 2 heterocycles. The maximum Gasteiger partial charge on any atom is 0.220 e. The Kier molecular flexibility index (Phi) is 6.80. The zero-order valence-corrected chi connectivity index (χ0v) is 19.3. The van der Waals surface area contributed by atoms with E-state index in [-0.39, 0.29) is 17.6 Å². The van der Waals surface area contributed by atoms with Crippen molar-refractivity contribution in [2.45, 2.75) is 90.0 Å². The van der Waals surface area contributed by atoms with E-state index in [1.165, 1.54) is 18.6 Å². The Morgan fingerprint density at radius 2 is 1.96 bits per heavy atom. The van der Waals surface area contributed by atoms with Gasteiger partial charge in [-0.15, -0.1) is 0 Å². The van der Waals surface area contributed by atoms with Crippen LogP contribution in [-0.2, 0) is 4.79 Å². The molecule has 0 bridgehead atoms. The van der Waals surface area contributed by atoms with E-state index in [1.54, 1.807) is 0 Å². The third-order valence-corrected chi connectivity index (χ3v) is 8.93. The lowest BCUT2D eigenvalue weighted by molar-refractivity contribution is -0.122. The molecule has 1 amide bonds. The van der Waals surface area contributed by atoms with Crippen LogP contribution in [-0.4, -0.2) is 27.6 Å². The normalized spacial score (nSPS) is 23.2. The Bertz CT molecular complexity index is 742. The second-order valence-corrected chi connectivity index (χ2v) is 11.5. The molecule has 1 aromatic rings. The molecule has 1 saturated heterocycles. The minimum Gasteiger partial charge on any atom is -0.507 e. The van der Waals surface area contributed by atoms with Gasteiger partial charge in [-0.3, -0.25) is 4.79 Å². The van der Waals surface area contributed by atoms with Gasteiger partial charge in [0.1, 0.15) is 17.1 Å². The number of nitrogens with one attached hydrogen (secondary N) is 1. The van der Waals surface area contributed by atoms with Gasteiger partial charge in [0.2, 0.25) is 5.91 Å². The van der Waals surface area contributed by atoms with Crippen molar-refractivity contribution in [2.24, 2.45) is 0 Å². The van der Waals surface area contributed by atoms with Gasteiger partial charge in [0, 0.05) is 35.0 Å². The smallest absolute Gasteiger partial charge is 0.220 e. The zero-order valence-electron chi connectivity index (χ0n) is 17.7. The van der Waals surface area contributed by atoms with Crippen LogP contribution >= 0.6 is 21.6 Å². The average molecular weight is 424 g/mol. The first-order chi connectivity index (χ1) is 13.2. The number of phenols is 1. The minimum atomic E-state index is -0.358. The number of amides is 1. The number of unbranched alkanes of at least 4 members (excludes halogenated alkanes) is 1. The third kappa shape index (κ3) is 4.76. The molecular weight excluding hydrogens is 390 g/mol. The van der Waals surface area contributed by atoms with Crippen molar-refractivity contribution < 1.29 is 14.6 Å². The van der Waals surface area contributed by atoms with Gasteiger partial charge in [-0.25, -0.2) is 0 Å². The van der Waals surface area contributed by atoms with Crippen LogP contribution in [0.15, 0.2) is 0 Å². The predicted molar refractivity (Wildman–Crippen MR) is 119 cm³/mol. The van der Waals surface area contributed by atoms with Crippen LogP contribution < -0.4 is 10.1 Å². The van der Waals surface area contributed by atoms with Crippen molar-refractivity contribution in [1.29, 1.82) is 0 Å². The fourth-order valence-electron chi connectivity index (χ4n) is 4.20. The summed E-state index contributed by atoms with van der Waals surface area (Å²) < 4.78 is 6.27. The number of rotatable bonds is 6. The van der Waals surface area contributed by atoms with E-state index in [0.29, 0.717) is 18.6 Å². The van der Waals surface area contributed by atoms with Gasteiger partial charge in [0.15, 0.2) is 0 Å². The first kappa shape index (κ1) is 21.7. The van der Waals surface area contributed by atoms with E-state index in [2.05, 4.69) is 19.2 Å². The number of phenolic OH excluding ortho intramolecular Hbond substituents is 1. The van der Waals surface area contributed by atoms with Crippen molar-refractivity contribution in [3.63, 3.8) is 0 Å². The number of hydrogen-bond acceptors (Lipinski definition) is 5. The summed E-state index contributed by atoms with van der Waals surface area (Å²) in [5.41, 5.74) is 3.20. The van der Waals surface area contributed by atoms with E-state index in [4.69, 9.17) is 4.74 Å². The molecule has 2 aliphatic heterocycles. The summed E-state index contributed by atoms with van der Waals surface area (Å²) in [6, 6.07) is -0.127. The minimum absolute atomic E-state index is 0.0965. The molecule has 2 atom stereocenters. The summed E-state index contributed by atoms with van der Waals surface area (Å²) in [4.78, 5) is 12.7. The Balaban J connectivity index is 1.67. The Morgan fingerprint density at radius 3 is 2.64 bits per heavy atom. The second kappa shape index (κ2) is 8.78. The fourth-order valence-corrected chi connectivity index (χ4v) is 7.23. The molecule has 0 saturated carbocycles. The van der Waals surface area contributed by atoms with E-state index in [9.17, 15) is 9.90 Å². The summed E-state index contributed by atoms with van der Waals surface area (Å²) in [6.07, 6.45) is 5.82. The van der Waals surface area contributed by atoms with E-state index < -0.39 is 0 Å². The van der Waals surface area contributed by atoms with Crippen LogP contribution in [0.2, 0.25) is 0 Å². The van der Waals surface area contributed by atoms with Crippen LogP contribution in [0, 0.1) is 20.8 Å². The molecule has 0 spiro atoms. The SMILES string of the molecule is Cc1c(C)c2c(c(C)c1O)C(NC(=O)CCCCC1CCSS1)CC(C)(C)O2. The Morgan fingerprint density at radius 1 is 1.21 bits per heavy atom. The zero-order chi connectivity index (χ0) is 20.5. The van der Waals surface area contributed by atoms with Crippen molar-refractivity contribution in [3.8, 4) is 11.5 Å². The second-order valence-electron chi connectivity index (χ2n) is 8.73. The van der Waals surface area contributed by atoms with Crippen molar-refractivity contribution in [3.05, 3.63) is 22.3 Å². The molecule has 28 heavy (non-hydrogen) atoms. The number of aromatic hydroxyl groups is 1. The average Bonchev–Trinajstić information content (AvgIpc) is 3.14. The van der Waals surface area contributed by atoms with Gasteiger partial charge in [0.05, 0.1) is 6.04 Å². The molecule has 0 aliphatic carbocycles. The van der Waals surface area contributed by atoms with Crippen LogP contribution in [0.5, 0.6) is 11.5 Å². The first-order valence-electron chi connectivity index (χ1n) is 10.3. The molecule has 3 rings (SSSR count). The first-order valence-corrected chi connectivity index (χ1v) is 12.7. The van der Waals surface area contributed by atoms with Crippen LogP contribution in [0.1, 0.15) is 80.7 Å². The largest absolute Gasteiger partial charge is 0.507 e. The van der Waals surface area contributed by atoms with Crippen molar-refractivity contribution >= 4 is 27.5 Å². The molecule has 2 N–H and O–H groups in total. The van der Waals surface area contributed by atoms with Gasteiger partial charge in [-0.05, 0) is 65.0 Å². The van der Waals surface area contributed by atoms with Gasteiger partial charge < -0.3 is 15.2 Å². The molecule has 1 fully saturated rings. The highest BCUT2D eigenvalue weighted by atomic mass is 33.1. The van der Waals surface area contributed by atoms with Crippen LogP contribution in [0.4, 0.5) is 0 Å². The highest BCUT2D eigenvalue weighted by molar-refractivity contribution is 8.77. The number of ether oxygens (including phenoxy) is 1. The van der Waals surface area contributed by atoms with Gasteiger partial charge in [0.25, 0.3) is 0 Å². The highest BCUT2D eigenvalue weighted by Gasteiger charge is 2.37. The lowest BCUT2D eigenvalue weighted by Gasteiger charge is -2.40. The number of benzene rings is 1. The number of carbonyl (C=O) groups is 1. The van der Waals surface area contributed by atoms with Crippen molar-refractivity contribution in [1.82, 2.24) is 5.32 Å². The lowest BCUT2D eigenvalue weighted by Crippen LogP contribution is -2.42. The topological polar surface area (TPSA) is 58.6 Å². The quantitative estimate of drug-likeness (QED) is 0.451. The molecule has 1 aromatic carbocycles. The molecule has 2 unspecified atom stereocenters. The van der Waals surface area contributed by atoms with E-state index in [0.717, 1.165) is 46.1 Å². The molecule has 2 aliphatic rings. The number of fused-ring (bicyclic) bond motifs is 1. The Labute approximate surface area is 177 Å². The summed E-state index contributed by atoms with van der Waals surface area (Å²) in [5.74, 6) is 2.50. The summed E-state index contributed by atoms with van der Waals surface area (Å²) >= 11 is 0. The predicted octanol–water partition coefficient (Wildman–Crippen LogP) is 5.75. The fraction of sp³-hybridized carbons (Fsp3) is 0.682. The molecule has 156 valence electrons. The summed E-state index contributed by atoms with van der Waals surface area (Å²) in [6.45, 7) is 9.93. The van der Waals surface area contributed by atoms with E-state index in [1.807, 2.05) is 42.4 Å². The van der Waals surface area contributed by atoms with Gasteiger partial charge in [-0.1, -0.05) is 28.0 Å². The number of carbonyl (C=O) groups excluding carboxylic acids is 1. The molecular formula is C22H33NO3S2. The maximum absolute atomic E-state index is 12.7. The van der Waals surface area contributed by atoms with Crippen LogP contribution in [0.25, 0.3) is 0 Å². The standard InChI is InChI=1S/C22H33NO3S2/c1-13-14(2)21-19(15(3)20(13)25)17(12-22(4,5)26-21)23-18(24)9-7-6-8-16-10-11-27-28-16/h16-17,25H,6-12H2,1-5H3,(H,23,24). The van der Waals surface area contributed by atoms with E-state index >= 15 is 0 Å². The van der Waals surface area contributed by atoms with Crippen LogP contribution in [0.3, 0.4) is 0 Å². The number of hydrogen-bond donors (Lipinski definition) is 2. The monoisotopic (exact) mass is 423 g/mol. The van der Waals surface area contributed by atoms with Gasteiger partial charge >= 0.3 is 0 Å². The van der Waals surface area contributed by atoms with Gasteiger partial charge in [-0.2, -0.15) is 0 Å². The highest BCUT2D eigenvalue weighted by Crippen LogP contribution is 2.47. The molecule has 6 heteroatoms. The molecule has 0 radical (unpaired) electrons. The maximum atomic E-state index is 12.7. The third-order valence-electron chi connectivity index (χ3n) is 5.93. The van der Waals surface area contributed by atoms with Crippen molar-refractivity contribution in [2.75, 3.05) is 5.75 Å². The Hall–Kier alpha value is -1.01. The molecule has 4 nitrogen and oxygen atoms in total. The summed E-state index contributed by atoms with van der Waals surface area (Å²) in [5, 5.41) is 14.5. The molecule has 0 aromatic heterocycles. The lowest BCUT2D eigenvalue weighted by atomic mass is 9.84.